The van der Waals surface area contributed by atoms with Crippen LogP contribution >= 0.6 is 0 Å². The summed E-state index contributed by atoms with van der Waals surface area (Å²) in [4.78, 5) is 22.2. The third-order valence-electron chi connectivity index (χ3n) is 5.70. The van der Waals surface area contributed by atoms with Crippen molar-refractivity contribution < 1.29 is 0 Å². The van der Waals surface area contributed by atoms with Gasteiger partial charge in [0, 0.05) is 32.1 Å². The van der Waals surface area contributed by atoms with Crippen LogP contribution in [-0.4, -0.2) is 47.7 Å². The molecule has 0 amide bonds. The summed E-state index contributed by atoms with van der Waals surface area (Å²) in [7, 11) is 6.07. The Bertz CT molecular complexity index is 1020. The highest BCUT2D eigenvalue weighted by molar-refractivity contribution is 5.78. The van der Waals surface area contributed by atoms with Crippen LogP contribution in [0.1, 0.15) is 17.0 Å². The Morgan fingerprint density at radius 2 is 1.74 bits per heavy atom. The maximum Gasteiger partial charge on any atom is 0.262 e. The zero-order chi connectivity index (χ0) is 19.1. The van der Waals surface area contributed by atoms with Crippen LogP contribution in [0.15, 0.2) is 53.3 Å². The first kappa shape index (κ1) is 17.7. The number of para-hydroxylation sites is 1. The monoisotopic (exact) mass is 362 g/mol. The normalized spacial score (nSPS) is 20.0. The summed E-state index contributed by atoms with van der Waals surface area (Å²) in [6, 6.07) is 16.8. The standard InChI is InChI=1S/C22H26N4O/c1-15-9-11-16(12-10-15)18-13-26(14-20(18)24(2)3)22-23-19-8-6-5-7-17(19)21(27)25(22)4/h5-12,18,20H,13-14H2,1-4H3/t18-,20+/m0/s1. The van der Waals surface area contributed by atoms with Gasteiger partial charge in [-0.3, -0.25) is 9.36 Å². The van der Waals surface area contributed by atoms with E-state index in [-0.39, 0.29) is 5.56 Å². The van der Waals surface area contributed by atoms with E-state index < -0.39 is 0 Å². The lowest BCUT2D eigenvalue weighted by atomic mass is 9.93. The van der Waals surface area contributed by atoms with Crippen LogP contribution in [0.5, 0.6) is 0 Å². The molecule has 0 unspecified atom stereocenters. The van der Waals surface area contributed by atoms with Crippen molar-refractivity contribution in [2.24, 2.45) is 7.05 Å². The highest BCUT2D eigenvalue weighted by atomic mass is 16.1. The van der Waals surface area contributed by atoms with Crippen LogP contribution in [0.25, 0.3) is 10.9 Å². The molecule has 4 rings (SSSR count). The molecule has 2 aromatic carbocycles. The van der Waals surface area contributed by atoms with Gasteiger partial charge in [-0.15, -0.1) is 0 Å². The van der Waals surface area contributed by atoms with Crippen molar-refractivity contribution in [2.75, 3.05) is 32.1 Å². The van der Waals surface area contributed by atoms with Crippen molar-refractivity contribution >= 4 is 16.9 Å². The molecule has 2 atom stereocenters. The molecule has 3 aromatic rings. The quantitative estimate of drug-likeness (QED) is 0.718. The van der Waals surface area contributed by atoms with Crippen molar-refractivity contribution in [3.8, 4) is 0 Å². The van der Waals surface area contributed by atoms with Crippen LogP contribution in [0.3, 0.4) is 0 Å². The Balaban J connectivity index is 1.75. The summed E-state index contributed by atoms with van der Waals surface area (Å²) in [5, 5.41) is 0.669. The Morgan fingerprint density at radius 1 is 1.04 bits per heavy atom. The highest BCUT2D eigenvalue weighted by Crippen LogP contribution is 2.32. The van der Waals surface area contributed by atoms with Gasteiger partial charge in [-0.25, -0.2) is 4.98 Å². The molecule has 1 aliphatic heterocycles. The van der Waals surface area contributed by atoms with E-state index in [1.807, 2.05) is 31.3 Å². The molecule has 5 nitrogen and oxygen atoms in total. The first-order valence-electron chi connectivity index (χ1n) is 9.39. The molecule has 0 N–H and O–H groups in total. The molecule has 2 heterocycles. The van der Waals surface area contributed by atoms with Gasteiger partial charge < -0.3 is 9.80 Å². The van der Waals surface area contributed by atoms with Gasteiger partial charge in [-0.2, -0.15) is 0 Å². The number of anilines is 1. The minimum Gasteiger partial charge on any atom is -0.340 e. The van der Waals surface area contributed by atoms with Gasteiger partial charge in [-0.05, 0) is 38.7 Å². The summed E-state index contributed by atoms with van der Waals surface area (Å²) >= 11 is 0. The third kappa shape index (κ3) is 3.12. The first-order valence-corrected chi connectivity index (χ1v) is 9.39. The van der Waals surface area contributed by atoms with E-state index in [0.717, 1.165) is 24.6 Å². The predicted molar refractivity (Wildman–Crippen MR) is 111 cm³/mol. The fraction of sp³-hybridized carbons (Fsp3) is 0.364. The lowest BCUT2D eigenvalue weighted by Gasteiger charge is -2.25. The Kier molecular flexibility index (Phi) is 4.48. The molecule has 27 heavy (non-hydrogen) atoms. The minimum atomic E-state index is 0.00999. The van der Waals surface area contributed by atoms with E-state index >= 15 is 0 Å². The van der Waals surface area contributed by atoms with Crippen LogP contribution in [0.2, 0.25) is 0 Å². The summed E-state index contributed by atoms with van der Waals surface area (Å²) in [5.41, 5.74) is 3.38. The fourth-order valence-electron chi connectivity index (χ4n) is 4.10. The van der Waals surface area contributed by atoms with Gasteiger partial charge in [0.05, 0.1) is 10.9 Å². The van der Waals surface area contributed by atoms with E-state index in [1.165, 1.54) is 11.1 Å². The third-order valence-corrected chi connectivity index (χ3v) is 5.70. The lowest BCUT2D eigenvalue weighted by Crippen LogP contribution is -2.35. The molecule has 0 radical (unpaired) electrons. The number of hydrogen-bond acceptors (Lipinski definition) is 4. The number of benzene rings is 2. The molecule has 0 bridgehead atoms. The van der Waals surface area contributed by atoms with Crippen molar-refractivity contribution in [3.05, 3.63) is 70.0 Å². The van der Waals surface area contributed by atoms with E-state index in [1.54, 1.807) is 4.57 Å². The smallest absolute Gasteiger partial charge is 0.262 e. The number of rotatable bonds is 3. The minimum absolute atomic E-state index is 0.00999. The van der Waals surface area contributed by atoms with Crippen molar-refractivity contribution in [1.82, 2.24) is 14.5 Å². The zero-order valence-corrected chi connectivity index (χ0v) is 16.4. The lowest BCUT2D eigenvalue weighted by molar-refractivity contribution is 0.292. The fourth-order valence-corrected chi connectivity index (χ4v) is 4.10. The average molecular weight is 362 g/mol. The first-order chi connectivity index (χ1) is 13.0. The number of fused-ring (bicyclic) bond motifs is 1. The van der Waals surface area contributed by atoms with Gasteiger partial charge in [-0.1, -0.05) is 42.0 Å². The van der Waals surface area contributed by atoms with E-state index in [2.05, 4.69) is 55.1 Å². The van der Waals surface area contributed by atoms with Crippen LogP contribution in [0, 0.1) is 6.92 Å². The topological polar surface area (TPSA) is 41.4 Å². The number of hydrogen-bond donors (Lipinski definition) is 0. The highest BCUT2D eigenvalue weighted by Gasteiger charge is 2.36. The predicted octanol–water partition coefficient (Wildman–Crippen LogP) is 2.78. The van der Waals surface area contributed by atoms with Crippen molar-refractivity contribution in [1.29, 1.82) is 0 Å². The maximum absolute atomic E-state index is 12.8. The van der Waals surface area contributed by atoms with E-state index in [4.69, 9.17) is 4.98 Å². The molecule has 140 valence electrons. The van der Waals surface area contributed by atoms with Gasteiger partial charge in [0.25, 0.3) is 5.56 Å². The van der Waals surface area contributed by atoms with Crippen LogP contribution in [0.4, 0.5) is 5.95 Å². The van der Waals surface area contributed by atoms with Crippen LogP contribution in [-0.2, 0) is 7.05 Å². The molecular formula is C22H26N4O. The van der Waals surface area contributed by atoms with Gasteiger partial charge in [0.15, 0.2) is 0 Å². The molecule has 0 saturated carbocycles. The average Bonchev–Trinajstić information content (AvgIpc) is 3.11. The van der Waals surface area contributed by atoms with E-state index in [9.17, 15) is 4.79 Å². The zero-order valence-electron chi connectivity index (χ0n) is 16.4. The second kappa shape index (κ2) is 6.82. The van der Waals surface area contributed by atoms with Crippen LogP contribution < -0.4 is 10.5 Å². The van der Waals surface area contributed by atoms with Crippen molar-refractivity contribution in [3.63, 3.8) is 0 Å². The Morgan fingerprint density at radius 3 is 2.44 bits per heavy atom. The number of aromatic nitrogens is 2. The summed E-state index contributed by atoms with van der Waals surface area (Å²) < 4.78 is 1.69. The molecule has 1 fully saturated rings. The number of nitrogens with zero attached hydrogens (tertiary/aromatic N) is 4. The Labute approximate surface area is 159 Å². The largest absolute Gasteiger partial charge is 0.340 e. The second-order valence-corrected chi connectivity index (χ2v) is 7.75. The molecule has 0 aliphatic carbocycles. The molecule has 5 heteroatoms. The SMILES string of the molecule is Cc1ccc([C@@H]2CN(c3nc4ccccc4c(=O)n3C)C[C@H]2N(C)C)cc1. The van der Waals surface area contributed by atoms with Gasteiger partial charge in [0.1, 0.15) is 0 Å². The van der Waals surface area contributed by atoms with Gasteiger partial charge >= 0.3 is 0 Å². The Hall–Kier alpha value is -2.66. The molecule has 1 saturated heterocycles. The molecule has 1 aliphatic rings. The maximum atomic E-state index is 12.8. The summed E-state index contributed by atoms with van der Waals surface area (Å²) in [6.45, 7) is 3.82. The summed E-state index contributed by atoms with van der Waals surface area (Å²) in [5.74, 6) is 1.13. The molecule has 0 spiro atoms. The number of aryl methyl sites for hydroxylation is 1. The molecule has 1 aromatic heterocycles. The van der Waals surface area contributed by atoms with E-state index in [0.29, 0.717) is 17.3 Å². The summed E-state index contributed by atoms with van der Waals surface area (Å²) in [6.07, 6.45) is 0. The number of likely N-dealkylation sites (N-methyl/N-ethyl adjacent to an activating group) is 1. The second-order valence-electron chi connectivity index (χ2n) is 7.75. The van der Waals surface area contributed by atoms with Gasteiger partial charge in [0.2, 0.25) is 5.95 Å². The van der Waals surface area contributed by atoms with Crippen molar-refractivity contribution in [2.45, 2.75) is 18.9 Å². The molecular weight excluding hydrogens is 336 g/mol.